The number of likely N-dealkylation sites (tertiary alicyclic amines) is 1. The fraction of sp³-hybridized carbons (Fsp3) is 0.824. The molecule has 4 nitrogen and oxygen atoms in total. The van der Waals surface area contributed by atoms with Gasteiger partial charge in [-0.1, -0.05) is 26.2 Å². The number of hydrogen-bond donors (Lipinski definition) is 1. The lowest BCUT2D eigenvalue weighted by Crippen LogP contribution is -2.45. The van der Waals surface area contributed by atoms with Crippen LogP contribution < -0.4 is 5.73 Å². The van der Waals surface area contributed by atoms with Crippen molar-refractivity contribution in [2.45, 2.75) is 51.5 Å². The molecule has 3 atom stereocenters. The minimum absolute atomic E-state index is 0.358. The van der Waals surface area contributed by atoms with E-state index in [2.05, 4.69) is 23.1 Å². The van der Waals surface area contributed by atoms with E-state index in [-0.39, 0.29) is 0 Å². The second-order valence-corrected chi connectivity index (χ2v) is 6.90. The first kappa shape index (κ1) is 15.0. The van der Waals surface area contributed by atoms with Gasteiger partial charge in [0.1, 0.15) is 0 Å². The van der Waals surface area contributed by atoms with Gasteiger partial charge in [-0.05, 0) is 37.6 Å². The van der Waals surface area contributed by atoms with Crippen molar-refractivity contribution in [1.29, 1.82) is 0 Å². The highest BCUT2D eigenvalue weighted by atomic mass is 15.3. The van der Waals surface area contributed by atoms with Crippen LogP contribution in [0.2, 0.25) is 0 Å². The zero-order valence-electron chi connectivity index (χ0n) is 13.6. The van der Waals surface area contributed by atoms with E-state index in [0.29, 0.717) is 12.6 Å². The molecular weight excluding hydrogens is 260 g/mol. The standard InChI is InChI=1S/C17H30N4/c1-3-16-15(12-20(2)19-16)17(10-18)21-9-8-13-6-4-5-7-14(13)11-21/h12-14,17H,3-11,18H2,1-2H3. The second-order valence-electron chi connectivity index (χ2n) is 6.90. The van der Waals surface area contributed by atoms with Gasteiger partial charge in [0, 0.05) is 31.9 Å². The summed E-state index contributed by atoms with van der Waals surface area (Å²) in [5.41, 5.74) is 8.74. The molecule has 4 heteroatoms. The van der Waals surface area contributed by atoms with E-state index in [0.717, 1.165) is 18.3 Å². The van der Waals surface area contributed by atoms with Crippen LogP contribution in [0.4, 0.5) is 0 Å². The van der Waals surface area contributed by atoms with Crippen LogP contribution in [0.15, 0.2) is 6.20 Å². The van der Waals surface area contributed by atoms with Crippen LogP contribution >= 0.6 is 0 Å². The molecule has 0 spiro atoms. The maximum Gasteiger partial charge on any atom is 0.0670 e. The van der Waals surface area contributed by atoms with E-state index in [4.69, 9.17) is 5.73 Å². The van der Waals surface area contributed by atoms with Gasteiger partial charge in [-0.25, -0.2) is 0 Å². The lowest BCUT2D eigenvalue weighted by molar-refractivity contribution is 0.0584. The SMILES string of the molecule is CCc1nn(C)cc1C(CN)N1CCC2CCCCC2C1. The molecule has 3 rings (SSSR count). The Balaban J connectivity index is 1.76. The summed E-state index contributed by atoms with van der Waals surface area (Å²) in [7, 11) is 2.02. The summed E-state index contributed by atoms with van der Waals surface area (Å²) in [5, 5.41) is 4.61. The molecule has 0 aromatic carbocycles. The summed E-state index contributed by atoms with van der Waals surface area (Å²) < 4.78 is 1.95. The largest absolute Gasteiger partial charge is 0.329 e. The summed E-state index contributed by atoms with van der Waals surface area (Å²) in [5.74, 6) is 1.89. The molecule has 2 heterocycles. The monoisotopic (exact) mass is 290 g/mol. The van der Waals surface area contributed by atoms with Crippen LogP contribution in [0.3, 0.4) is 0 Å². The molecule has 0 radical (unpaired) electrons. The van der Waals surface area contributed by atoms with Crippen molar-refractivity contribution in [3.63, 3.8) is 0 Å². The molecule has 1 aliphatic carbocycles. The number of piperidine rings is 1. The molecule has 118 valence electrons. The van der Waals surface area contributed by atoms with Crippen LogP contribution in [0.1, 0.15) is 56.3 Å². The predicted molar refractivity (Wildman–Crippen MR) is 86.0 cm³/mol. The van der Waals surface area contributed by atoms with Crippen LogP contribution in [-0.4, -0.2) is 34.3 Å². The topological polar surface area (TPSA) is 47.1 Å². The Kier molecular flexibility index (Phi) is 4.65. The molecule has 0 bridgehead atoms. The van der Waals surface area contributed by atoms with E-state index in [1.165, 1.54) is 56.5 Å². The first-order valence-electron chi connectivity index (χ1n) is 8.69. The van der Waals surface area contributed by atoms with E-state index in [9.17, 15) is 0 Å². The maximum atomic E-state index is 6.16. The van der Waals surface area contributed by atoms with Gasteiger partial charge < -0.3 is 5.73 Å². The van der Waals surface area contributed by atoms with Crippen molar-refractivity contribution in [3.8, 4) is 0 Å². The third-order valence-electron chi connectivity index (χ3n) is 5.62. The number of nitrogens with two attached hydrogens (primary N) is 1. The van der Waals surface area contributed by atoms with Crippen molar-refractivity contribution in [2.75, 3.05) is 19.6 Å². The minimum Gasteiger partial charge on any atom is -0.329 e. The smallest absolute Gasteiger partial charge is 0.0670 e. The van der Waals surface area contributed by atoms with Crippen LogP contribution in [0.5, 0.6) is 0 Å². The van der Waals surface area contributed by atoms with Crippen molar-refractivity contribution < 1.29 is 0 Å². The molecule has 1 aromatic rings. The summed E-state index contributed by atoms with van der Waals surface area (Å²) in [6.45, 7) is 5.34. The zero-order chi connectivity index (χ0) is 14.8. The fourth-order valence-corrected chi connectivity index (χ4v) is 4.49. The highest BCUT2D eigenvalue weighted by molar-refractivity contribution is 5.22. The van der Waals surface area contributed by atoms with Gasteiger partial charge in [0.25, 0.3) is 0 Å². The van der Waals surface area contributed by atoms with Crippen molar-refractivity contribution in [3.05, 3.63) is 17.5 Å². The average molecular weight is 290 g/mol. The molecule has 0 amide bonds. The van der Waals surface area contributed by atoms with Gasteiger partial charge in [0.2, 0.25) is 0 Å². The van der Waals surface area contributed by atoms with Gasteiger partial charge in [-0.15, -0.1) is 0 Å². The van der Waals surface area contributed by atoms with Crippen molar-refractivity contribution >= 4 is 0 Å². The summed E-state index contributed by atoms with van der Waals surface area (Å²) >= 11 is 0. The molecule has 1 aromatic heterocycles. The lowest BCUT2D eigenvalue weighted by atomic mass is 9.74. The third kappa shape index (κ3) is 3.02. The molecule has 2 aliphatic rings. The molecule has 1 aliphatic heterocycles. The summed E-state index contributed by atoms with van der Waals surface area (Å²) in [4.78, 5) is 2.64. The molecular formula is C17H30N4. The molecule has 1 saturated heterocycles. The summed E-state index contributed by atoms with van der Waals surface area (Å²) in [6.07, 6.45) is 10.3. The molecule has 3 unspecified atom stereocenters. The van der Waals surface area contributed by atoms with Gasteiger partial charge in [-0.3, -0.25) is 9.58 Å². The van der Waals surface area contributed by atoms with E-state index in [1.807, 2.05) is 11.7 Å². The average Bonchev–Trinajstić information content (AvgIpc) is 2.89. The Hall–Kier alpha value is -0.870. The first-order chi connectivity index (χ1) is 10.2. The molecule has 1 saturated carbocycles. The maximum absolute atomic E-state index is 6.16. The number of hydrogen-bond acceptors (Lipinski definition) is 3. The van der Waals surface area contributed by atoms with Crippen LogP contribution in [-0.2, 0) is 13.5 Å². The number of nitrogens with zero attached hydrogens (tertiary/aromatic N) is 3. The van der Waals surface area contributed by atoms with E-state index < -0.39 is 0 Å². The van der Waals surface area contributed by atoms with Crippen LogP contribution in [0.25, 0.3) is 0 Å². The Labute approximate surface area is 128 Å². The highest BCUT2D eigenvalue weighted by Gasteiger charge is 2.34. The number of fused-ring (bicyclic) bond motifs is 1. The molecule has 2 fully saturated rings. The first-order valence-corrected chi connectivity index (χ1v) is 8.69. The Morgan fingerprint density at radius 2 is 2.05 bits per heavy atom. The fourth-order valence-electron chi connectivity index (χ4n) is 4.49. The lowest BCUT2D eigenvalue weighted by Gasteiger charge is -2.44. The van der Waals surface area contributed by atoms with Crippen molar-refractivity contribution in [1.82, 2.24) is 14.7 Å². The molecule has 2 N–H and O–H groups in total. The predicted octanol–water partition coefficient (Wildman–Crippen LogP) is 2.49. The van der Waals surface area contributed by atoms with Gasteiger partial charge in [-0.2, -0.15) is 5.10 Å². The normalized spacial score (nSPS) is 28.3. The Morgan fingerprint density at radius 3 is 2.76 bits per heavy atom. The van der Waals surface area contributed by atoms with Gasteiger partial charge in [0.05, 0.1) is 11.7 Å². The van der Waals surface area contributed by atoms with Crippen molar-refractivity contribution in [2.24, 2.45) is 24.6 Å². The Bertz CT molecular complexity index is 467. The number of aryl methyl sites for hydroxylation is 2. The van der Waals surface area contributed by atoms with Crippen LogP contribution in [0, 0.1) is 11.8 Å². The van der Waals surface area contributed by atoms with E-state index >= 15 is 0 Å². The zero-order valence-corrected chi connectivity index (χ0v) is 13.6. The van der Waals surface area contributed by atoms with Gasteiger partial charge in [0.15, 0.2) is 0 Å². The van der Waals surface area contributed by atoms with E-state index in [1.54, 1.807) is 0 Å². The summed E-state index contributed by atoms with van der Waals surface area (Å²) in [6, 6.07) is 0.358. The second kappa shape index (κ2) is 6.49. The quantitative estimate of drug-likeness (QED) is 0.927. The third-order valence-corrected chi connectivity index (χ3v) is 5.62. The number of rotatable bonds is 4. The minimum atomic E-state index is 0.358. The Morgan fingerprint density at radius 1 is 1.29 bits per heavy atom. The van der Waals surface area contributed by atoms with Gasteiger partial charge >= 0.3 is 0 Å². The molecule has 21 heavy (non-hydrogen) atoms. The number of aromatic nitrogens is 2. The highest BCUT2D eigenvalue weighted by Crippen LogP contribution is 2.38.